The summed E-state index contributed by atoms with van der Waals surface area (Å²) in [6.07, 6.45) is 7.91. The predicted octanol–water partition coefficient (Wildman–Crippen LogP) is 1.45. The minimum absolute atomic E-state index is 0.00890. The summed E-state index contributed by atoms with van der Waals surface area (Å²) in [5, 5.41) is 16.7. The average Bonchev–Trinajstić information content (AvgIpc) is 3.56. The van der Waals surface area contributed by atoms with Gasteiger partial charge in [0.1, 0.15) is 5.56 Å². The van der Waals surface area contributed by atoms with Crippen LogP contribution < -0.4 is 11.1 Å². The van der Waals surface area contributed by atoms with E-state index < -0.39 is 11.4 Å². The van der Waals surface area contributed by atoms with Gasteiger partial charge in [-0.05, 0) is 44.4 Å². The smallest absolute Gasteiger partial charge is 0.254 e. The lowest BCUT2D eigenvalue weighted by Gasteiger charge is -2.40. The fourth-order valence-electron chi connectivity index (χ4n) is 3.91. The zero-order valence-corrected chi connectivity index (χ0v) is 15.5. The number of rotatable bonds is 7. The van der Waals surface area contributed by atoms with Gasteiger partial charge < -0.3 is 16.0 Å². The number of nitrogens with zero attached hydrogens (tertiary/aromatic N) is 4. The molecule has 0 radical (unpaired) electrons. The maximum atomic E-state index is 12.1. The average molecular weight is 370 g/mol. The van der Waals surface area contributed by atoms with Gasteiger partial charge in [0.25, 0.3) is 5.91 Å². The zero-order valence-electron chi connectivity index (χ0n) is 15.5. The highest BCUT2D eigenvalue weighted by Gasteiger charge is 2.39. The largest absolute Gasteiger partial charge is 0.365 e. The van der Waals surface area contributed by atoms with Gasteiger partial charge in [-0.2, -0.15) is 10.4 Å². The number of carbonyl (C=O) groups excluding carboxylic acids is 2. The molecule has 27 heavy (non-hydrogen) atoms. The lowest BCUT2D eigenvalue weighted by molar-refractivity contribution is -0.117. The van der Waals surface area contributed by atoms with Crippen LogP contribution in [0.3, 0.4) is 0 Å². The van der Waals surface area contributed by atoms with Crippen LogP contribution in [0.4, 0.5) is 5.82 Å². The van der Waals surface area contributed by atoms with Crippen LogP contribution in [0.25, 0.3) is 0 Å². The molecule has 0 spiro atoms. The third kappa shape index (κ3) is 3.83. The highest BCUT2D eigenvalue weighted by molar-refractivity contribution is 6.02. The van der Waals surface area contributed by atoms with Crippen LogP contribution in [0.2, 0.25) is 0 Å². The summed E-state index contributed by atoms with van der Waals surface area (Å²) in [5.74, 6) is 0.331. The number of aromatic nitrogens is 2. The highest BCUT2D eigenvalue weighted by Crippen LogP contribution is 2.37. The molecule has 2 saturated carbocycles. The van der Waals surface area contributed by atoms with Gasteiger partial charge >= 0.3 is 0 Å². The Kier molecular flexibility index (Phi) is 4.64. The van der Waals surface area contributed by atoms with Crippen molar-refractivity contribution in [2.75, 3.05) is 25.0 Å². The van der Waals surface area contributed by atoms with Crippen LogP contribution in [-0.2, 0) is 10.3 Å². The van der Waals surface area contributed by atoms with Gasteiger partial charge in [0.15, 0.2) is 5.82 Å². The molecule has 2 heterocycles. The van der Waals surface area contributed by atoms with E-state index in [4.69, 9.17) is 5.73 Å². The summed E-state index contributed by atoms with van der Waals surface area (Å²) in [6.45, 7) is 2.96. The lowest BCUT2D eigenvalue weighted by atomic mass is 9.85. The molecule has 144 valence electrons. The first-order valence-electron chi connectivity index (χ1n) is 9.81. The number of nitriles is 1. The van der Waals surface area contributed by atoms with Crippen LogP contribution >= 0.6 is 0 Å². The quantitative estimate of drug-likeness (QED) is 0.753. The Morgan fingerprint density at radius 1 is 1.30 bits per heavy atom. The van der Waals surface area contributed by atoms with Crippen molar-refractivity contribution in [3.05, 3.63) is 11.8 Å². The van der Waals surface area contributed by atoms with Gasteiger partial charge in [-0.1, -0.05) is 0 Å². The Balaban J connectivity index is 1.55. The maximum absolute atomic E-state index is 12.1. The molecule has 0 aromatic carbocycles. The van der Waals surface area contributed by atoms with E-state index in [2.05, 4.69) is 21.4 Å². The van der Waals surface area contributed by atoms with E-state index >= 15 is 0 Å². The number of nitrogens with two attached hydrogens (primary N) is 1. The molecule has 1 aromatic heterocycles. The second-order valence-electron chi connectivity index (χ2n) is 8.27. The predicted molar refractivity (Wildman–Crippen MR) is 98.7 cm³/mol. The van der Waals surface area contributed by atoms with Crippen molar-refractivity contribution >= 4 is 17.6 Å². The molecular formula is C19H26N6O2. The van der Waals surface area contributed by atoms with Crippen molar-refractivity contribution in [2.24, 2.45) is 17.6 Å². The van der Waals surface area contributed by atoms with Crippen LogP contribution in [0.1, 0.15) is 55.3 Å². The summed E-state index contributed by atoms with van der Waals surface area (Å²) in [4.78, 5) is 26.5. The first-order chi connectivity index (χ1) is 13.0. The molecule has 1 aromatic rings. The molecule has 0 bridgehead atoms. The molecule has 1 aliphatic heterocycles. The summed E-state index contributed by atoms with van der Waals surface area (Å²) in [7, 11) is 0. The van der Waals surface area contributed by atoms with Crippen LogP contribution in [0, 0.1) is 23.2 Å². The van der Waals surface area contributed by atoms with Gasteiger partial charge in [0, 0.05) is 31.7 Å². The Labute approximate surface area is 158 Å². The van der Waals surface area contributed by atoms with Crippen LogP contribution in [0.5, 0.6) is 0 Å². The summed E-state index contributed by atoms with van der Waals surface area (Å²) < 4.78 is 1.72. The lowest BCUT2D eigenvalue weighted by Crippen LogP contribution is -2.46. The van der Waals surface area contributed by atoms with E-state index in [1.807, 2.05) is 0 Å². The number of carbonyl (C=O) groups is 2. The van der Waals surface area contributed by atoms with Crippen molar-refractivity contribution in [3.63, 3.8) is 0 Å². The molecule has 2 amide bonds. The SMILES string of the molecule is N#CCC1(n2cc(C(N)=O)c(NC(=O)C3CC3)n2)CCN(CC2CC2)CC1. The third-order valence-electron chi connectivity index (χ3n) is 6.06. The topological polar surface area (TPSA) is 117 Å². The Hall–Kier alpha value is -2.40. The third-order valence-corrected chi connectivity index (χ3v) is 6.06. The van der Waals surface area contributed by atoms with Crippen molar-refractivity contribution in [1.29, 1.82) is 5.26 Å². The molecule has 0 unspecified atom stereocenters. The molecule has 3 fully saturated rings. The molecule has 0 atom stereocenters. The first kappa shape index (κ1) is 18.0. The van der Waals surface area contributed by atoms with Gasteiger partial charge in [-0.15, -0.1) is 0 Å². The number of hydrogen-bond acceptors (Lipinski definition) is 5. The van der Waals surface area contributed by atoms with E-state index in [0.29, 0.717) is 6.42 Å². The monoisotopic (exact) mass is 370 g/mol. The van der Waals surface area contributed by atoms with E-state index in [-0.39, 0.29) is 23.2 Å². The highest BCUT2D eigenvalue weighted by atomic mass is 16.2. The fourth-order valence-corrected chi connectivity index (χ4v) is 3.91. The van der Waals surface area contributed by atoms with E-state index in [1.165, 1.54) is 12.8 Å². The second kappa shape index (κ2) is 6.97. The number of hydrogen-bond donors (Lipinski definition) is 2. The van der Waals surface area contributed by atoms with Crippen molar-refractivity contribution in [3.8, 4) is 6.07 Å². The number of piperidine rings is 1. The minimum atomic E-state index is -0.620. The van der Waals surface area contributed by atoms with Crippen LogP contribution in [0.15, 0.2) is 6.20 Å². The van der Waals surface area contributed by atoms with Gasteiger partial charge in [0.05, 0.1) is 18.0 Å². The summed E-state index contributed by atoms with van der Waals surface area (Å²) >= 11 is 0. The van der Waals surface area contributed by atoms with Crippen LogP contribution in [-0.4, -0.2) is 46.1 Å². The standard InChI is InChI=1S/C19H26N6O2/c20-8-5-19(6-9-24(10-7-19)11-13-1-2-13)25-12-15(16(21)26)17(23-25)22-18(27)14-3-4-14/h12-14H,1-7,9-11H2,(H2,21,26)(H,22,23,27). The number of primary amides is 1. The van der Waals surface area contributed by atoms with Gasteiger partial charge in [-0.25, -0.2) is 0 Å². The molecule has 1 saturated heterocycles. The normalized spacial score (nSPS) is 22.2. The molecule has 3 aliphatic rings. The molecule has 3 N–H and O–H groups in total. The Bertz CT molecular complexity index is 779. The second-order valence-corrected chi connectivity index (χ2v) is 8.27. The number of amides is 2. The van der Waals surface area contributed by atoms with E-state index in [0.717, 1.165) is 51.2 Å². The van der Waals surface area contributed by atoms with Crippen molar-refractivity contribution in [2.45, 2.75) is 50.5 Å². The molecule has 8 heteroatoms. The van der Waals surface area contributed by atoms with Crippen molar-refractivity contribution < 1.29 is 9.59 Å². The number of nitrogens with one attached hydrogen (secondary N) is 1. The minimum Gasteiger partial charge on any atom is -0.365 e. The molecular weight excluding hydrogens is 344 g/mol. The van der Waals surface area contributed by atoms with Crippen molar-refractivity contribution in [1.82, 2.24) is 14.7 Å². The summed E-state index contributed by atoms with van der Waals surface area (Å²) in [5.41, 5.74) is 5.26. The van der Waals surface area contributed by atoms with Gasteiger partial charge in [-0.3, -0.25) is 14.3 Å². The fraction of sp³-hybridized carbons (Fsp3) is 0.684. The molecule has 2 aliphatic carbocycles. The first-order valence-corrected chi connectivity index (χ1v) is 9.81. The Morgan fingerprint density at radius 2 is 2.00 bits per heavy atom. The maximum Gasteiger partial charge on any atom is 0.254 e. The zero-order chi connectivity index (χ0) is 19.0. The Morgan fingerprint density at radius 3 is 2.56 bits per heavy atom. The van der Waals surface area contributed by atoms with E-state index in [9.17, 15) is 14.9 Å². The summed E-state index contributed by atoms with van der Waals surface area (Å²) in [6, 6.07) is 2.29. The van der Waals surface area contributed by atoms with Gasteiger partial charge in [0.2, 0.25) is 5.91 Å². The number of anilines is 1. The molecule has 4 rings (SSSR count). The molecule has 8 nitrogen and oxygen atoms in total. The number of likely N-dealkylation sites (tertiary alicyclic amines) is 1. The van der Waals surface area contributed by atoms with E-state index in [1.54, 1.807) is 10.9 Å².